The van der Waals surface area contributed by atoms with E-state index in [2.05, 4.69) is 148 Å². The highest BCUT2D eigenvalue weighted by Gasteiger charge is 2.27. The second-order valence-corrected chi connectivity index (χ2v) is 24.9. The van der Waals surface area contributed by atoms with Gasteiger partial charge in [0.05, 0.1) is 27.7 Å². The Labute approximate surface area is 517 Å². The summed E-state index contributed by atoms with van der Waals surface area (Å²) in [5.74, 6) is -0.836. The maximum atomic E-state index is 12.8. The second-order valence-electron chi connectivity index (χ2n) is 23.4. The molecule has 480 valence electrons. The molecule has 0 rings (SSSR count). The zero-order valence-electron chi connectivity index (χ0n) is 54.6. The van der Waals surface area contributed by atoms with Crippen LogP contribution in [0.5, 0.6) is 0 Å². The number of nitrogens with zero attached hydrogens (tertiary/aromatic N) is 1. The highest BCUT2D eigenvalue weighted by atomic mass is 31.2. The van der Waals surface area contributed by atoms with Gasteiger partial charge < -0.3 is 18.9 Å². The number of esters is 2. The molecule has 0 radical (unpaired) electrons. The van der Waals surface area contributed by atoms with Gasteiger partial charge in [-0.2, -0.15) is 0 Å². The van der Waals surface area contributed by atoms with Crippen molar-refractivity contribution in [3.05, 3.63) is 134 Å². The highest BCUT2D eigenvalue weighted by molar-refractivity contribution is 7.47. The van der Waals surface area contributed by atoms with E-state index in [9.17, 15) is 19.0 Å². The van der Waals surface area contributed by atoms with Crippen LogP contribution in [-0.2, 0) is 32.7 Å². The molecule has 0 aliphatic rings. The molecule has 0 saturated heterocycles. The first-order valence-corrected chi connectivity index (χ1v) is 35.4. The van der Waals surface area contributed by atoms with Gasteiger partial charge in [-0.1, -0.05) is 282 Å². The summed E-state index contributed by atoms with van der Waals surface area (Å²) < 4.78 is 34.6. The van der Waals surface area contributed by atoms with E-state index in [-0.39, 0.29) is 32.0 Å². The minimum Gasteiger partial charge on any atom is -0.462 e. The Bertz CT molecular complexity index is 1880. The molecule has 84 heavy (non-hydrogen) atoms. The maximum Gasteiger partial charge on any atom is 0.472 e. The van der Waals surface area contributed by atoms with Crippen LogP contribution in [0.25, 0.3) is 0 Å². The van der Waals surface area contributed by atoms with Crippen molar-refractivity contribution in [2.75, 3.05) is 47.5 Å². The van der Waals surface area contributed by atoms with Crippen LogP contribution in [0.1, 0.15) is 271 Å². The average molecular weight is 1190 g/mol. The number of carbonyl (C=O) groups is 2. The molecule has 0 heterocycles. The fourth-order valence-corrected chi connectivity index (χ4v) is 9.79. The van der Waals surface area contributed by atoms with Gasteiger partial charge in [0, 0.05) is 12.8 Å². The van der Waals surface area contributed by atoms with E-state index < -0.39 is 26.5 Å². The summed E-state index contributed by atoms with van der Waals surface area (Å²) in [7, 11) is 1.44. The molecule has 1 N–H and O–H groups in total. The molecule has 2 atom stereocenters. The minimum atomic E-state index is -4.41. The van der Waals surface area contributed by atoms with Crippen molar-refractivity contribution in [2.24, 2.45) is 0 Å². The van der Waals surface area contributed by atoms with Crippen molar-refractivity contribution >= 4 is 19.8 Å². The van der Waals surface area contributed by atoms with Crippen molar-refractivity contribution in [1.29, 1.82) is 0 Å². The van der Waals surface area contributed by atoms with Gasteiger partial charge in [0.2, 0.25) is 0 Å². The van der Waals surface area contributed by atoms with Gasteiger partial charge in [-0.3, -0.25) is 18.6 Å². The molecule has 0 aromatic rings. The van der Waals surface area contributed by atoms with Crippen LogP contribution in [0.3, 0.4) is 0 Å². The Hall–Kier alpha value is -3.85. The summed E-state index contributed by atoms with van der Waals surface area (Å²) in [5, 5.41) is 0. The fourth-order valence-electron chi connectivity index (χ4n) is 9.05. The summed E-state index contributed by atoms with van der Waals surface area (Å²) in [6, 6.07) is 0. The monoisotopic (exact) mass is 1190 g/mol. The number of rotatable bonds is 61. The summed E-state index contributed by atoms with van der Waals surface area (Å²) in [6.07, 6.45) is 92.7. The van der Waals surface area contributed by atoms with E-state index in [0.29, 0.717) is 17.4 Å². The van der Waals surface area contributed by atoms with Crippen LogP contribution in [0.15, 0.2) is 134 Å². The highest BCUT2D eigenvalue weighted by Crippen LogP contribution is 2.43. The Morgan fingerprint density at radius 1 is 0.369 bits per heavy atom. The van der Waals surface area contributed by atoms with Crippen LogP contribution in [-0.4, -0.2) is 74.9 Å². The Morgan fingerprint density at radius 3 is 0.964 bits per heavy atom. The van der Waals surface area contributed by atoms with Crippen molar-refractivity contribution in [1.82, 2.24) is 0 Å². The Kier molecular flexibility index (Phi) is 60.7. The molecule has 0 saturated carbocycles. The third-order valence-corrected chi connectivity index (χ3v) is 15.2. The zero-order valence-corrected chi connectivity index (χ0v) is 55.5. The third-order valence-electron chi connectivity index (χ3n) is 14.2. The number of likely N-dealkylation sites (N-methyl/N-ethyl adjacent to an activating group) is 1. The first-order chi connectivity index (χ1) is 41.0. The number of phosphoric acid groups is 1. The molecule has 0 fully saturated rings. The fraction of sp³-hybridized carbons (Fsp3) is 0.676. The number of unbranched alkanes of at least 4 members (excludes halogenated alkanes) is 25. The summed E-state index contributed by atoms with van der Waals surface area (Å²) >= 11 is 0. The summed E-state index contributed by atoms with van der Waals surface area (Å²) in [4.78, 5) is 35.8. The number of carbonyl (C=O) groups excluding carboxylic acids is 2. The van der Waals surface area contributed by atoms with E-state index in [1.807, 2.05) is 21.1 Å². The lowest BCUT2D eigenvalue weighted by Gasteiger charge is -2.24. The van der Waals surface area contributed by atoms with Gasteiger partial charge in [0.1, 0.15) is 19.8 Å². The number of hydrogen-bond acceptors (Lipinski definition) is 7. The first kappa shape index (κ1) is 80.2. The first-order valence-electron chi connectivity index (χ1n) is 33.9. The van der Waals surface area contributed by atoms with Gasteiger partial charge in [0.25, 0.3) is 0 Å². The molecule has 0 spiro atoms. The molecule has 0 aromatic carbocycles. The van der Waals surface area contributed by atoms with Crippen molar-refractivity contribution in [2.45, 2.75) is 277 Å². The van der Waals surface area contributed by atoms with E-state index in [4.69, 9.17) is 18.5 Å². The van der Waals surface area contributed by atoms with E-state index in [0.717, 1.165) is 109 Å². The number of phosphoric ester groups is 1. The van der Waals surface area contributed by atoms with Gasteiger partial charge in [-0.25, -0.2) is 4.57 Å². The maximum absolute atomic E-state index is 12.8. The topological polar surface area (TPSA) is 108 Å². The van der Waals surface area contributed by atoms with Crippen molar-refractivity contribution in [3.63, 3.8) is 0 Å². The van der Waals surface area contributed by atoms with Gasteiger partial charge in [-0.05, 0) is 109 Å². The van der Waals surface area contributed by atoms with Gasteiger partial charge in [-0.15, -0.1) is 0 Å². The van der Waals surface area contributed by atoms with Crippen molar-refractivity contribution < 1.29 is 42.1 Å². The normalized spacial score (nSPS) is 14.0. The molecule has 0 amide bonds. The molecular formula is C74H127NO8P+. The van der Waals surface area contributed by atoms with E-state index >= 15 is 0 Å². The smallest absolute Gasteiger partial charge is 0.462 e. The average Bonchev–Trinajstić information content (AvgIpc) is 3.60. The third kappa shape index (κ3) is 67.3. The van der Waals surface area contributed by atoms with Crippen LogP contribution in [0, 0.1) is 0 Å². The standard InChI is InChI=1S/C74H126NO8P/c1-6-8-10-12-14-16-18-20-22-24-26-28-30-32-33-34-35-36-37-38-39-40-41-43-44-46-48-50-52-54-56-58-60-62-64-66-73(76)80-70-72(71-82-84(78,79)81-69-68-75(3,4)5)83-74(77)67-65-63-61-59-57-55-53-51-49-47-45-42-31-29-27-25-23-21-19-17-15-13-11-9-7-2/h8-11,14-17,20-23,26-29,42,45,49,51,55,57,72H,6-7,12-13,18-19,24-25,30-41,43-44,46-48,50,52-54,56,58-71H2,1-5H3/p+1/b10-8-,11-9-,16-14-,17-15-,22-20-,23-21-,28-26-,29-27-,45-42-,51-49-,57-55-. The van der Waals surface area contributed by atoms with Crippen LogP contribution < -0.4 is 0 Å². The predicted octanol–water partition coefficient (Wildman–Crippen LogP) is 22.0. The number of quaternary nitrogens is 1. The molecular weight excluding hydrogens is 1060 g/mol. The lowest BCUT2D eigenvalue weighted by molar-refractivity contribution is -0.870. The molecule has 10 heteroatoms. The van der Waals surface area contributed by atoms with Crippen molar-refractivity contribution in [3.8, 4) is 0 Å². The largest absolute Gasteiger partial charge is 0.472 e. The SMILES string of the molecule is CC/C=C\C/C=C\C/C=C\C/C=C\C/C=C\C/C=C\C/C=C\CCCCCC(=O)OC(COC(=O)CCCCCCCCCCCCCCCCCCCCCCCC/C=C\C/C=C\C/C=C\C/C=C\CC)COP(=O)(O)OCC[N+](C)(C)C. The molecule has 0 aliphatic heterocycles. The zero-order chi connectivity index (χ0) is 61.2. The summed E-state index contributed by atoms with van der Waals surface area (Å²) in [5.41, 5.74) is 0. The molecule has 0 aromatic heterocycles. The molecule has 0 aliphatic carbocycles. The molecule has 2 unspecified atom stereocenters. The van der Waals surface area contributed by atoms with E-state index in [1.54, 1.807) is 0 Å². The van der Waals surface area contributed by atoms with Crippen LogP contribution in [0.2, 0.25) is 0 Å². The Morgan fingerprint density at radius 2 is 0.643 bits per heavy atom. The second kappa shape index (κ2) is 63.6. The molecule has 0 bridgehead atoms. The number of ether oxygens (including phenoxy) is 2. The summed E-state index contributed by atoms with van der Waals surface area (Å²) in [6.45, 7) is 4.17. The quantitative estimate of drug-likeness (QED) is 0.0211. The lowest BCUT2D eigenvalue weighted by atomic mass is 10.0. The minimum absolute atomic E-state index is 0.0193. The van der Waals surface area contributed by atoms with Gasteiger partial charge >= 0.3 is 19.8 Å². The molecule has 9 nitrogen and oxygen atoms in total. The number of hydrogen-bond donors (Lipinski definition) is 1. The Balaban J connectivity index is 4.08. The lowest BCUT2D eigenvalue weighted by Crippen LogP contribution is -2.37. The van der Waals surface area contributed by atoms with Crippen LogP contribution >= 0.6 is 7.82 Å². The van der Waals surface area contributed by atoms with Crippen LogP contribution in [0.4, 0.5) is 0 Å². The predicted molar refractivity (Wildman–Crippen MR) is 362 cm³/mol. The van der Waals surface area contributed by atoms with E-state index in [1.165, 1.54) is 128 Å². The number of allylic oxidation sites excluding steroid dienone is 22. The van der Waals surface area contributed by atoms with Gasteiger partial charge in [0.15, 0.2) is 6.10 Å².